The summed E-state index contributed by atoms with van der Waals surface area (Å²) in [5.41, 5.74) is 1.27. The zero-order chi connectivity index (χ0) is 13.7. The van der Waals surface area contributed by atoms with Crippen LogP contribution >= 0.6 is 0 Å². The van der Waals surface area contributed by atoms with E-state index in [-0.39, 0.29) is 5.91 Å². The fourth-order valence-corrected chi connectivity index (χ4v) is 1.78. The zero-order valence-corrected chi connectivity index (χ0v) is 10.7. The summed E-state index contributed by atoms with van der Waals surface area (Å²) in [7, 11) is 0. The number of hydrogen-bond acceptors (Lipinski definition) is 4. The molecule has 0 aliphatic heterocycles. The minimum Gasteiger partial charge on any atom is -0.388 e. The minimum absolute atomic E-state index is 0.237. The van der Waals surface area contributed by atoms with Crippen LogP contribution in [-0.4, -0.2) is 22.7 Å². The third kappa shape index (κ3) is 3.42. The maximum atomic E-state index is 11.8. The smallest absolute Gasteiger partial charge is 0.256 e. The lowest BCUT2D eigenvalue weighted by atomic mass is 10.1. The molecule has 0 radical (unpaired) electrons. The molecule has 100 valence electrons. The normalized spacial score (nSPS) is 12.1. The third-order valence-electron chi connectivity index (χ3n) is 2.88. The Labute approximate surface area is 111 Å². The van der Waals surface area contributed by atoms with E-state index in [0.29, 0.717) is 24.3 Å². The van der Waals surface area contributed by atoms with Gasteiger partial charge in [-0.2, -0.15) is 0 Å². The largest absolute Gasteiger partial charge is 0.388 e. The number of amides is 1. The van der Waals surface area contributed by atoms with Crippen LogP contribution in [0, 0.1) is 6.92 Å². The van der Waals surface area contributed by atoms with Gasteiger partial charge >= 0.3 is 0 Å². The number of carbonyl (C=O) groups is 1. The second kappa shape index (κ2) is 6.15. The Kier molecular flexibility index (Phi) is 4.30. The van der Waals surface area contributed by atoms with E-state index in [2.05, 4.69) is 10.5 Å². The Hall–Kier alpha value is -2.14. The maximum Gasteiger partial charge on any atom is 0.256 e. The average Bonchev–Trinajstić information content (AvgIpc) is 2.86. The molecule has 5 heteroatoms. The van der Waals surface area contributed by atoms with Crippen molar-refractivity contribution in [1.82, 2.24) is 10.5 Å². The molecule has 1 aromatic carbocycles. The lowest BCUT2D eigenvalue weighted by Gasteiger charge is -2.11. The quantitative estimate of drug-likeness (QED) is 0.860. The van der Waals surface area contributed by atoms with Crippen LogP contribution in [0.4, 0.5) is 0 Å². The fourth-order valence-electron chi connectivity index (χ4n) is 1.78. The molecule has 0 fully saturated rings. The average molecular weight is 260 g/mol. The van der Waals surface area contributed by atoms with E-state index in [0.717, 1.165) is 5.56 Å². The summed E-state index contributed by atoms with van der Waals surface area (Å²) >= 11 is 0. The van der Waals surface area contributed by atoms with Gasteiger partial charge in [-0.3, -0.25) is 4.79 Å². The molecule has 0 saturated carbocycles. The molecule has 2 rings (SSSR count). The van der Waals surface area contributed by atoms with Crippen LogP contribution < -0.4 is 5.32 Å². The van der Waals surface area contributed by atoms with Crippen molar-refractivity contribution in [3.8, 4) is 0 Å². The van der Waals surface area contributed by atoms with Crippen LogP contribution in [0.5, 0.6) is 0 Å². The molecule has 19 heavy (non-hydrogen) atoms. The molecular formula is C14H16N2O3. The number of aliphatic hydroxyl groups is 1. The number of aromatic nitrogens is 1. The van der Waals surface area contributed by atoms with Gasteiger partial charge < -0.3 is 14.9 Å². The first kappa shape index (κ1) is 13.3. The van der Waals surface area contributed by atoms with Crippen LogP contribution in [0.2, 0.25) is 0 Å². The summed E-state index contributed by atoms with van der Waals surface area (Å²) in [6.07, 6.45) is 1.27. The monoisotopic (exact) mass is 260 g/mol. The Bertz CT molecular complexity index is 537. The summed E-state index contributed by atoms with van der Waals surface area (Å²) in [4.78, 5) is 11.8. The van der Waals surface area contributed by atoms with Crippen molar-refractivity contribution < 1.29 is 14.4 Å². The van der Waals surface area contributed by atoms with Crippen molar-refractivity contribution in [1.29, 1.82) is 0 Å². The predicted octanol–water partition coefficient (Wildman–Crippen LogP) is 1.84. The molecule has 1 atom stereocenters. The Morgan fingerprint density at radius 1 is 1.42 bits per heavy atom. The number of aryl methyl sites for hydroxylation is 1. The number of hydrogen-bond donors (Lipinski definition) is 2. The van der Waals surface area contributed by atoms with E-state index < -0.39 is 6.10 Å². The molecular weight excluding hydrogens is 244 g/mol. The molecule has 0 spiro atoms. The molecule has 0 bridgehead atoms. The third-order valence-corrected chi connectivity index (χ3v) is 2.88. The molecule has 1 aromatic heterocycles. The van der Waals surface area contributed by atoms with Gasteiger partial charge in [0.05, 0.1) is 12.3 Å². The standard InChI is InChI=1S/C14H16N2O3/c1-10-12(9-16-19-10)14(18)15-8-7-13(17)11-5-3-2-4-6-11/h2-6,9,13,17H,7-8H2,1H3,(H,15,18). The van der Waals surface area contributed by atoms with Gasteiger partial charge in [-0.1, -0.05) is 35.5 Å². The number of benzene rings is 1. The van der Waals surface area contributed by atoms with E-state index in [4.69, 9.17) is 4.52 Å². The van der Waals surface area contributed by atoms with Crippen molar-refractivity contribution in [2.45, 2.75) is 19.4 Å². The second-order valence-corrected chi connectivity index (χ2v) is 4.27. The highest BCUT2D eigenvalue weighted by Gasteiger charge is 2.13. The molecule has 2 aromatic rings. The second-order valence-electron chi connectivity index (χ2n) is 4.27. The first-order valence-corrected chi connectivity index (χ1v) is 6.11. The number of aliphatic hydroxyl groups excluding tert-OH is 1. The molecule has 5 nitrogen and oxygen atoms in total. The molecule has 1 unspecified atom stereocenters. The van der Waals surface area contributed by atoms with Gasteiger partial charge in [-0.15, -0.1) is 0 Å². The van der Waals surface area contributed by atoms with Gasteiger partial charge in [0.25, 0.3) is 5.91 Å². The van der Waals surface area contributed by atoms with E-state index in [1.165, 1.54) is 6.20 Å². The van der Waals surface area contributed by atoms with Gasteiger partial charge in [0, 0.05) is 6.54 Å². The highest BCUT2D eigenvalue weighted by atomic mass is 16.5. The van der Waals surface area contributed by atoms with Crippen molar-refractivity contribution in [3.63, 3.8) is 0 Å². The Morgan fingerprint density at radius 3 is 2.79 bits per heavy atom. The number of nitrogens with one attached hydrogen (secondary N) is 1. The molecule has 0 aliphatic rings. The van der Waals surface area contributed by atoms with Crippen LogP contribution in [-0.2, 0) is 0 Å². The topological polar surface area (TPSA) is 75.4 Å². The highest BCUT2D eigenvalue weighted by Crippen LogP contribution is 2.15. The lowest BCUT2D eigenvalue weighted by molar-refractivity contribution is 0.0941. The van der Waals surface area contributed by atoms with E-state index >= 15 is 0 Å². The maximum absolute atomic E-state index is 11.8. The van der Waals surface area contributed by atoms with Crippen molar-refractivity contribution in [2.24, 2.45) is 0 Å². The summed E-state index contributed by atoms with van der Waals surface area (Å²) < 4.78 is 4.82. The Balaban J connectivity index is 1.81. The summed E-state index contributed by atoms with van der Waals surface area (Å²) in [5, 5.41) is 16.2. The lowest BCUT2D eigenvalue weighted by Crippen LogP contribution is -2.25. The van der Waals surface area contributed by atoms with E-state index in [9.17, 15) is 9.90 Å². The minimum atomic E-state index is -0.579. The molecule has 0 aliphatic carbocycles. The number of rotatable bonds is 5. The van der Waals surface area contributed by atoms with E-state index in [1.807, 2.05) is 30.3 Å². The summed E-state index contributed by atoms with van der Waals surface area (Å²) in [6.45, 7) is 2.07. The SMILES string of the molecule is Cc1oncc1C(=O)NCCC(O)c1ccccc1. The van der Waals surface area contributed by atoms with Gasteiger partial charge in [-0.25, -0.2) is 0 Å². The first-order valence-electron chi connectivity index (χ1n) is 6.11. The van der Waals surface area contributed by atoms with Crippen molar-refractivity contribution >= 4 is 5.91 Å². The van der Waals surface area contributed by atoms with Crippen LogP contribution in [0.25, 0.3) is 0 Å². The van der Waals surface area contributed by atoms with Crippen molar-refractivity contribution in [2.75, 3.05) is 6.54 Å². The Morgan fingerprint density at radius 2 is 2.16 bits per heavy atom. The summed E-state index contributed by atoms with van der Waals surface area (Å²) in [5.74, 6) is 0.250. The first-order chi connectivity index (χ1) is 9.18. The molecule has 0 saturated heterocycles. The van der Waals surface area contributed by atoms with Gasteiger partial charge in [0.15, 0.2) is 0 Å². The van der Waals surface area contributed by atoms with Gasteiger partial charge in [-0.05, 0) is 18.9 Å². The molecule has 1 heterocycles. The fraction of sp³-hybridized carbons (Fsp3) is 0.286. The van der Waals surface area contributed by atoms with Crippen LogP contribution in [0.1, 0.15) is 34.2 Å². The van der Waals surface area contributed by atoms with Gasteiger partial charge in [0.1, 0.15) is 11.3 Å². The van der Waals surface area contributed by atoms with Crippen molar-refractivity contribution in [3.05, 3.63) is 53.4 Å². The highest BCUT2D eigenvalue weighted by molar-refractivity contribution is 5.94. The number of nitrogens with zero attached hydrogens (tertiary/aromatic N) is 1. The van der Waals surface area contributed by atoms with Crippen LogP contribution in [0.3, 0.4) is 0 Å². The zero-order valence-electron chi connectivity index (χ0n) is 10.7. The predicted molar refractivity (Wildman–Crippen MR) is 69.6 cm³/mol. The van der Waals surface area contributed by atoms with E-state index in [1.54, 1.807) is 6.92 Å². The number of carbonyl (C=O) groups excluding carboxylic acids is 1. The molecule has 2 N–H and O–H groups in total. The van der Waals surface area contributed by atoms with Gasteiger partial charge in [0.2, 0.25) is 0 Å². The molecule has 1 amide bonds. The summed E-state index contributed by atoms with van der Waals surface area (Å²) in [6, 6.07) is 9.36. The van der Waals surface area contributed by atoms with Crippen LogP contribution in [0.15, 0.2) is 41.1 Å².